The van der Waals surface area contributed by atoms with E-state index in [0.717, 1.165) is 66.4 Å². The molecule has 0 spiro atoms. The average molecular weight is 612 g/mol. The van der Waals surface area contributed by atoms with Gasteiger partial charge < -0.3 is 19.9 Å². The van der Waals surface area contributed by atoms with Crippen LogP contribution < -0.4 is 20.3 Å². The van der Waals surface area contributed by atoms with Gasteiger partial charge in [0.25, 0.3) is 0 Å². The summed E-state index contributed by atoms with van der Waals surface area (Å²) in [6.07, 6.45) is 6.93. The lowest BCUT2D eigenvalue weighted by atomic mass is 9.85. The van der Waals surface area contributed by atoms with E-state index < -0.39 is 0 Å². The lowest BCUT2D eigenvalue weighted by Gasteiger charge is -2.33. The number of urea groups is 1. The minimum Gasteiger partial charge on any atom is -0.484 e. The normalized spacial score (nSPS) is 20.2. The minimum absolute atomic E-state index is 0.140. The molecule has 6 rings (SSSR count). The van der Waals surface area contributed by atoms with Crippen LogP contribution in [-0.2, 0) is 12.0 Å². The fourth-order valence-electron chi connectivity index (χ4n) is 6.32. The van der Waals surface area contributed by atoms with Crippen LogP contribution in [0.4, 0.5) is 16.6 Å². The van der Waals surface area contributed by atoms with E-state index in [4.69, 9.17) is 9.72 Å². The number of piperidine rings is 1. The van der Waals surface area contributed by atoms with Crippen LogP contribution in [-0.4, -0.2) is 62.2 Å². The van der Waals surface area contributed by atoms with Gasteiger partial charge in [0.2, 0.25) is 5.95 Å². The predicted molar refractivity (Wildman–Crippen MR) is 176 cm³/mol. The van der Waals surface area contributed by atoms with E-state index in [0.29, 0.717) is 24.2 Å². The van der Waals surface area contributed by atoms with Gasteiger partial charge in [0, 0.05) is 24.1 Å². The molecule has 1 aromatic carbocycles. The van der Waals surface area contributed by atoms with Gasteiger partial charge in [-0.3, -0.25) is 9.72 Å². The zero-order valence-corrected chi connectivity index (χ0v) is 27.2. The first kappa shape index (κ1) is 30.8. The quantitative estimate of drug-likeness (QED) is 0.260. The number of nitrogens with one attached hydrogen (secondary N) is 2. The summed E-state index contributed by atoms with van der Waals surface area (Å²) in [5.41, 5.74) is 3.65. The second-order valence-corrected chi connectivity index (χ2v) is 13.6. The number of anilines is 2. The summed E-state index contributed by atoms with van der Waals surface area (Å²) in [6.45, 7) is 10.1. The molecule has 0 radical (unpaired) electrons. The number of hydrogen-bond acceptors (Lipinski definition) is 8. The summed E-state index contributed by atoms with van der Waals surface area (Å²) in [6, 6.07) is 14.0. The molecule has 3 aromatic heterocycles. The first-order chi connectivity index (χ1) is 21.5. The van der Waals surface area contributed by atoms with Crippen molar-refractivity contribution in [2.75, 3.05) is 30.9 Å². The number of carbonyl (C=O) groups is 1. The molecule has 0 bridgehead atoms. The molecule has 0 saturated carbocycles. The van der Waals surface area contributed by atoms with Crippen LogP contribution >= 0.6 is 0 Å². The number of rotatable bonds is 7. The van der Waals surface area contributed by atoms with E-state index in [1.54, 1.807) is 0 Å². The Morgan fingerprint density at radius 2 is 1.82 bits per heavy atom. The van der Waals surface area contributed by atoms with Crippen molar-refractivity contribution in [2.45, 2.75) is 89.9 Å². The molecule has 45 heavy (non-hydrogen) atoms. The number of ether oxygens (including phenoxy) is 1. The van der Waals surface area contributed by atoms with Crippen LogP contribution in [0.15, 0.2) is 48.7 Å². The predicted octanol–water partition coefficient (Wildman–Crippen LogP) is 6.03. The average Bonchev–Trinajstić information content (AvgIpc) is 3.41. The molecule has 238 valence electrons. The summed E-state index contributed by atoms with van der Waals surface area (Å²) in [4.78, 5) is 27.0. The number of aromatic nitrogens is 5. The molecule has 1 unspecified atom stereocenters. The van der Waals surface area contributed by atoms with Crippen molar-refractivity contribution in [3.63, 3.8) is 0 Å². The van der Waals surface area contributed by atoms with Gasteiger partial charge >= 0.3 is 6.03 Å². The second-order valence-electron chi connectivity index (χ2n) is 13.6. The van der Waals surface area contributed by atoms with Crippen molar-refractivity contribution < 1.29 is 9.53 Å². The highest BCUT2D eigenvalue weighted by Gasteiger charge is 2.30. The number of hydrogen-bond donors (Lipinski definition) is 2. The Kier molecular flexibility index (Phi) is 8.63. The summed E-state index contributed by atoms with van der Waals surface area (Å²) < 4.78 is 8.67. The molecule has 1 saturated heterocycles. The van der Waals surface area contributed by atoms with Crippen molar-refractivity contribution in [2.24, 2.45) is 0 Å². The Hall–Kier alpha value is -4.25. The molecule has 1 aliphatic carbocycles. The zero-order valence-electron chi connectivity index (χ0n) is 27.2. The fourth-order valence-corrected chi connectivity index (χ4v) is 6.32. The van der Waals surface area contributed by atoms with Gasteiger partial charge in [-0.1, -0.05) is 45.0 Å². The highest BCUT2D eigenvalue weighted by molar-refractivity contribution is 5.88. The maximum atomic E-state index is 13.3. The van der Waals surface area contributed by atoms with E-state index >= 15 is 0 Å². The Morgan fingerprint density at radius 3 is 2.58 bits per heavy atom. The Morgan fingerprint density at radius 1 is 1.02 bits per heavy atom. The first-order valence-corrected chi connectivity index (χ1v) is 16.0. The van der Waals surface area contributed by atoms with E-state index in [9.17, 15) is 4.79 Å². The van der Waals surface area contributed by atoms with Crippen molar-refractivity contribution in [1.82, 2.24) is 34.8 Å². The number of benzene rings is 1. The third-order valence-corrected chi connectivity index (χ3v) is 8.68. The van der Waals surface area contributed by atoms with Crippen LogP contribution in [0.2, 0.25) is 0 Å². The fraction of sp³-hybridized carbons (Fsp3) is 0.500. The summed E-state index contributed by atoms with van der Waals surface area (Å²) >= 11 is 0. The molecule has 11 nitrogen and oxygen atoms in total. The number of fused-ring (bicyclic) bond motifs is 2. The molecular formula is C34H45N9O2. The van der Waals surface area contributed by atoms with Crippen molar-refractivity contribution >= 4 is 23.4 Å². The largest absolute Gasteiger partial charge is 0.484 e. The Balaban J connectivity index is 1.18. The van der Waals surface area contributed by atoms with Gasteiger partial charge in [-0.2, -0.15) is 0 Å². The SMILES string of the molecule is CC1CCCCN1c1nnc2ccc(O[C@@H]3CC[C@H](NC(=O)Nc4cc(C(C)(C)C)nc(CN(C)C)n4)c4ccccc43)cn12. The molecule has 1 fully saturated rings. The smallest absolute Gasteiger partial charge is 0.320 e. The van der Waals surface area contributed by atoms with E-state index in [1.807, 2.05) is 59.9 Å². The number of carbonyl (C=O) groups excluding carboxylic acids is 1. The third kappa shape index (κ3) is 6.88. The van der Waals surface area contributed by atoms with E-state index in [1.165, 1.54) is 6.42 Å². The topological polar surface area (TPSA) is 113 Å². The van der Waals surface area contributed by atoms with Gasteiger partial charge in [0.1, 0.15) is 23.5 Å². The highest BCUT2D eigenvalue weighted by atomic mass is 16.5. The highest BCUT2D eigenvalue weighted by Crippen LogP contribution is 2.39. The standard InChI is InChI=1S/C34H45N9O2/c1-22-11-9-10-18-42(22)33-40-39-31-17-14-23(20-43(31)33)45-27-16-15-26(24-12-7-8-13-25(24)27)35-32(44)38-29-19-28(34(2,3)4)36-30(37-29)21-41(5)6/h7-8,12-14,17,19-20,22,26-27H,9-11,15-16,18,21H2,1-6H3,(H2,35,36,37,38,44)/t22?,26-,27+/m0/s1. The van der Waals surface area contributed by atoms with E-state index in [2.05, 4.69) is 70.5 Å². The van der Waals surface area contributed by atoms with Gasteiger partial charge in [-0.05, 0) is 76.4 Å². The van der Waals surface area contributed by atoms with Crippen molar-refractivity contribution in [3.8, 4) is 5.75 Å². The molecular weight excluding hydrogens is 566 g/mol. The van der Waals surface area contributed by atoms with Crippen LogP contribution in [0.25, 0.3) is 5.65 Å². The van der Waals surface area contributed by atoms with Crippen LogP contribution in [0, 0.1) is 0 Å². The Labute approximate surface area is 265 Å². The molecule has 3 atom stereocenters. The maximum Gasteiger partial charge on any atom is 0.320 e. The lowest BCUT2D eigenvalue weighted by molar-refractivity contribution is 0.171. The molecule has 1 aliphatic heterocycles. The van der Waals surface area contributed by atoms with Gasteiger partial charge in [-0.15, -0.1) is 10.2 Å². The molecule has 2 amide bonds. The number of nitrogens with zero attached hydrogens (tertiary/aromatic N) is 7. The van der Waals surface area contributed by atoms with Crippen LogP contribution in [0.5, 0.6) is 5.75 Å². The minimum atomic E-state index is -0.291. The van der Waals surface area contributed by atoms with Gasteiger partial charge in [0.15, 0.2) is 5.65 Å². The number of pyridine rings is 1. The van der Waals surface area contributed by atoms with Gasteiger partial charge in [0.05, 0.1) is 24.5 Å². The molecule has 11 heteroatoms. The zero-order chi connectivity index (χ0) is 31.7. The molecule has 4 aromatic rings. The van der Waals surface area contributed by atoms with Crippen molar-refractivity contribution in [3.05, 3.63) is 71.3 Å². The third-order valence-electron chi connectivity index (χ3n) is 8.68. The maximum absolute atomic E-state index is 13.3. The number of amides is 2. The lowest BCUT2D eigenvalue weighted by Crippen LogP contribution is -2.38. The van der Waals surface area contributed by atoms with E-state index in [-0.39, 0.29) is 23.6 Å². The van der Waals surface area contributed by atoms with Gasteiger partial charge in [-0.25, -0.2) is 14.8 Å². The summed E-state index contributed by atoms with van der Waals surface area (Å²) in [5.74, 6) is 2.81. The Bertz CT molecular complexity index is 1660. The van der Waals surface area contributed by atoms with Crippen LogP contribution in [0.1, 0.15) is 94.6 Å². The monoisotopic (exact) mass is 611 g/mol. The first-order valence-electron chi connectivity index (χ1n) is 16.0. The second kappa shape index (κ2) is 12.6. The molecule has 4 heterocycles. The molecule has 2 aliphatic rings. The van der Waals surface area contributed by atoms with Crippen LogP contribution in [0.3, 0.4) is 0 Å². The molecule has 2 N–H and O–H groups in total. The van der Waals surface area contributed by atoms with Crippen molar-refractivity contribution in [1.29, 1.82) is 0 Å². The summed E-state index contributed by atoms with van der Waals surface area (Å²) in [5, 5.41) is 15.1. The summed E-state index contributed by atoms with van der Waals surface area (Å²) in [7, 11) is 3.95.